The van der Waals surface area contributed by atoms with Crippen LogP contribution in [0.15, 0.2) is 23.1 Å². The van der Waals surface area contributed by atoms with Gasteiger partial charge in [0.05, 0.1) is 15.2 Å². The van der Waals surface area contributed by atoms with Gasteiger partial charge in [0.15, 0.2) is 9.84 Å². The predicted molar refractivity (Wildman–Crippen MR) is 64.4 cm³/mol. The highest BCUT2D eigenvalue weighted by atomic mass is 35.5. The van der Waals surface area contributed by atoms with Crippen molar-refractivity contribution in [2.24, 2.45) is 5.73 Å². The van der Waals surface area contributed by atoms with Crippen LogP contribution in [0.1, 0.15) is 18.4 Å². The first-order valence-corrected chi connectivity index (χ1v) is 7.20. The first-order valence-electron chi connectivity index (χ1n) is 5.28. The maximum Gasteiger partial charge on any atom is 0.182 e. The zero-order valence-corrected chi connectivity index (χ0v) is 10.4. The zero-order valence-electron chi connectivity index (χ0n) is 8.82. The van der Waals surface area contributed by atoms with Crippen molar-refractivity contribution in [1.29, 1.82) is 0 Å². The Hall–Kier alpha value is -0.580. The molecule has 1 aromatic rings. The number of sulfone groups is 1. The first kappa shape index (κ1) is 11.9. The normalized spacial score (nSPS) is 16.4. The van der Waals surface area contributed by atoms with Crippen molar-refractivity contribution in [3.8, 4) is 0 Å². The molecule has 1 fully saturated rings. The summed E-state index contributed by atoms with van der Waals surface area (Å²) in [5, 5.41) is 0.100. The smallest absolute Gasteiger partial charge is 0.182 e. The van der Waals surface area contributed by atoms with Gasteiger partial charge in [-0.25, -0.2) is 8.42 Å². The summed E-state index contributed by atoms with van der Waals surface area (Å²) < 4.78 is 24.0. The molecule has 88 valence electrons. The summed E-state index contributed by atoms with van der Waals surface area (Å²) in [6, 6.07) is 5.08. The third-order valence-electron chi connectivity index (χ3n) is 2.70. The lowest BCUT2D eigenvalue weighted by molar-refractivity contribution is 0.595. The van der Waals surface area contributed by atoms with E-state index in [1.165, 1.54) is 0 Å². The molecule has 0 radical (unpaired) electrons. The lowest BCUT2D eigenvalue weighted by atomic mass is 10.1. The highest BCUT2D eigenvalue weighted by Crippen LogP contribution is 2.36. The fourth-order valence-electron chi connectivity index (χ4n) is 1.66. The summed E-state index contributed by atoms with van der Waals surface area (Å²) in [6.07, 6.45) is 2.22. The quantitative estimate of drug-likeness (QED) is 0.897. The van der Waals surface area contributed by atoms with Gasteiger partial charge >= 0.3 is 0 Å². The maximum absolute atomic E-state index is 12.0. The van der Waals surface area contributed by atoms with E-state index in [4.69, 9.17) is 17.3 Å². The molecule has 1 aliphatic carbocycles. The summed E-state index contributed by atoms with van der Waals surface area (Å²) in [4.78, 5) is 0.262. The molecule has 0 amide bonds. The average molecular weight is 260 g/mol. The van der Waals surface area contributed by atoms with Crippen LogP contribution < -0.4 is 5.73 Å². The Kier molecular flexibility index (Phi) is 3.24. The van der Waals surface area contributed by atoms with Gasteiger partial charge in [0, 0.05) is 0 Å². The van der Waals surface area contributed by atoms with Gasteiger partial charge in [-0.3, -0.25) is 0 Å². The number of hydrogen-bond acceptors (Lipinski definition) is 3. The van der Waals surface area contributed by atoms with E-state index in [1.54, 1.807) is 18.2 Å². The van der Waals surface area contributed by atoms with Crippen LogP contribution >= 0.6 is 11.6 Å². The standard InChI is InChI=1S/C11H14ClNO2S/c12-10-7-8(5-6-13)1-4-11(10)16(14,15)9-2-3-9/h1,4,7,9H,2-3,5-6,13H2. The Morgan fingerprint density at radius 2 is 2.06 bits per heavy atom. The Balaban J connectivity index is 2.36. The van der Waals surface area contributed by atoms with E-state index < -0.39 is 9.84 Å². The molecule has 1 aliphatic rings. The Bertz CT molecular complexity index is 495. The van der Waals surface area contributed by atoms with Crippen LogP contribution in [0.3, 0.4) is 0 Å². The lowest BCUT2D eigenvalue weighted by Crippen LogP contribution is -2.08. The minimum atomic E-state index is -3.19. The van der Waals surface area contributed by atoms with Crippen LogP contribution in [0.5, 0.6) is 0 Å². The van der Waals surface area contributed by atoms with Crippen molar-refractivity contribution in [2.45, 2.75) is 29.4 Å². The number of hydrogen-bond donors (Lipinski definition) is 1. The molecule has 0 bridgehead atoms. The van der Waals surface area contributed by atoms with Gasteiger partial charge in [-0.15, -0.1) is 0 Å². The van der Waals surface area contributed by atoms with Gasteiger partial charge in [-0.05, 0) is 43.5 Å². The largest absolute Gasteiger partial charge is 0.330 e. The van der Waals surface area contributed by atoms with E-state index in [-0.39, 0.29) is 10.1 Å². The van der Waals surface area contributed by atoms with Crippen molar-refractivity contribution in [1.82, 2.24) is 0 Å². The van der Waals surface area contributed by atoms with Crippen LogP contribution in [-0.4, -0.2) is 20.2 Å². The summed E-state index contributed by atoms with van der Waals surface area (Å²) in [5.74, 6) is 0. The molecule has 1 aromatic carbocycles. The Morgan fingerprint density at radius 1 is 1.38 bits per heavy atom. The van der Waals surface area contributed by atoms with E-state index in [1.807, 2.05) is 0 Å². The molecule has 5 heteroatoms. The van der Waals surface area contributed by atoms with Crippen LogP contribution in [0.25, 0.3) is 0 Å². The lowest BCUT2D eigenvalue weighted by Gasteiger charge is -2.07. The number of halogens is 1. The van der Waals surface area contributed by atoms with Gasteiger partial charge in [-0.1, -0.05) is 17.7 Å². The minimum Gasteiger partial charge on any atom is -0.330 e. The molecule has 16 heavy (non-hydrogen) atoms. The molecule has 2 N–H and O–H groups in total. The summed E-state index contributed by atoms with van der Waals surface area (Å²) in [5.41, 5.74) is 6.41. The van der Waals surface area contributed by atoms with E-state index in [0.717, 1.165) is 18.4 Å². The summed E-state index contributed by atoms with van der Waals surface area (Å²) in [6.45, 7) is 0.533. The van der Waals surface area contributed by atoms with Crippen molar-refractivity contribution < 1.29 is 8.42 Å². The van der Waals surface area contributed by atoms with Crippen molar-refractivity contribution in [3.63, 3.8) is 0 Å². The number of nitrogens with two attached hydrogens (primary N) is 1. The monoisotopic (exact) mass is 259 g/mol. The molecular formula is C11H14ClNO2S. The van der Waals surface area contributed by atoms with Gasteiger partial charge in [-0.2, -0.15) is 0 Å². The molecule has 0 aliphatic heterocycles. The topological polar surface area (TPSA) is 60.2 Å². The minimum absolute atomic E-state index is 0.217. The molecule has 3 nitrogen and oxygen atoms in total. The van der Waals surface area contributed by atoms with Crippen LogP contribution in [-0.2, 0) is 16.3 Å². The van der Waals surface area contributed by atoms with Crippen LogP contribution in [0.4, 0.5) is 0 Å². The summed E-state index contributed by atoms with van der Waals surface area (Å²) in [7, 11) is -3.19. The third kappa shape index (κ3) is 2.24. The van der Waals surface area contributed by atoms with Crippen molar-refractivity contribution in [2.75, 3.05) is 6.54 Å². The molecule has 0 spiro atoms. The Labute approximate surface area is 101 Å². The highest BCUT2D eigenvalue weighted by Gasteiger charge is 2.37. The molecule has 0 heterocycles. The molecule has 0 unspecified atom stereocenters. The van der Waals surface area contributed by atoms with Crippen LogP contribution in [0, 0.1) is 0 Å². The number of benzene rings is 1. The summed E-state index contributed by atoms with van der Waals surface area (Å²) >= 11 is 6.00. The average Bonchev–Trinajstić information content (AvgIpc) is 3.00. The second-order valence-electron chi connectivity index (χ2n) is 4.05. The maximum atomic E-state index is 12.0. The van der Waals surface area contributed by atoms with E-state index in [2.05, 4.69) is 0 Å². The van der Waals surface area contributed by atoms with E-state index in [9.17, 15) is 8.42 Å². The SMILES string of the molecule is NCCc1ccc(S(=O)(=O)C2CC2)c(Cl)c1. The second kappa shape index (κ2) is 4.35. The molecule has 0 saturated heterocycles. The fourth-order valence-corrected chi connectivity index (χ4v) is 3.89. The zero-order chi connectivity index (χ0) is 11.8. The first-order chi connectivity index (χ1) is 7.55. The van der Waals surface area contributed by atoms with Gasteiger partial charge in [0.1, 0.15) is 0 Å². The molecule has 0 aromatic heterocycles. The second-order valence-corrected chi connectivity index (χ2v) is 6.65. The molecule has 2 rings (SSSR count). The molecule has 0 atom stereocenters. The van der Waals surface area contributed by atoms with Crippen molar-refractivity contribution >= 4 is 21.4 Å². The van der Waals surface area contributed by atoms with Crippen molar-refractivity contribution in [3.05, 3.63) is 28.8 Å². The molecular weight excluding hydrogens is 246 g/mol. The highest BCUT2D eigenvalue weighted by molar-refractivity contribution is 7.92. The van der Waals surface area contributed by atoms with Gasteiger partial charge in [0.25, 0.3) is 0 Å². The Morgan fingerprint density at radius 3 is 2.56 bits per heavy atom. The number of rotatable bonds is 4. The fraction of sp³-hybridized carbons (Fsp3) is 0.455. The predicted octanol–water partition coefficient (Wildman–Crippen LogP) is 1.78. The third-order valence-corrected chi connectivity index (χ3v) is 5.44. The van der Waals surface area contributed by atoms with E-state index >= 15 is 0 Å². The van der Waals surface area contributed by atoms with Gasteiger partial charge in [0.2, 0.25) is 0 Å². The molecule has 1 saturated carbocycles. The van der Waals surface area contributed by atoms with E-state index in [0.29, 0.717) is 18.0 Å². The van der Waals surface area contributed by atoms with Crippen LogP contribution in [0.2, 0.25) is 5.02 Å². The van der Waals surface area contributed by atoms with Gasteiger partial charge < -0.3 is 5.73 Å².